The zero-order valence-corrected chi connectivity index (χ0v) is 7.53. The second-order valence-electron chi connectivity index (χ2n) is 2.80. The van der Waals surface area contributed by atoms with Crippen LogP contribution in [0.3, 0.4) is 0 Å². The van der Waals surface area contributed by atoms with Crippen LogP contribution in [0.25, 0.3) is 0 Å². The molecular weight excluding hydrogens is 164 g/mol. The van der Waals surface area contributed by atoms with Gasteiger partial charge in [-0.2, -0.15) is 5.26 Å². The van der Waals surface area contributed by atoms with Gasteiger partial charge in [0.15, 0.2) is 0 Å². The quantitative estimate of drug-likeness (QED) is 0.752. The third kappa shape index (κ3) is 2.55. The molecule has 2 N–H and O–H groups in total. The highest BCUT2D eigenvalue weighted by Gasteiger charge is 2.04. The van der Waals surface area contributed by atoms with Crippen LogP contribution in [0.15, 0.2) is 24.3 Å². The lowest BCUT2D eigenvalue weighted by Crippen LogP contribution is -2.15. The summed E-state index contributed by atoms with van der Waals surface area (Å²) in [5.41, 5.74) is 7.42. The smallest absolute Gasteiger partial charge is 0.0991 e. The Morgan fingerprint density at radius 2 is 2.08 bits per heavy atom. The van der Waals surface area contributed by atoms with Crippen molar-refractivity contribution < 1.29 is 4.74 Å². The first-order valence-electron chi connectivity index (χ1n) is 4.02. The van der Waals surface area contributed by atoms with E-state index >= 15 is 0 Å². The molecule has 0 saturated heterocycles. The molecule has 0 aliphatic rings. The van der Waals surface area contributed by atoms with Crippen molar-refractivity contribution in [3.05, 3.63) is 35.4 Å². The fraction of sp³-hybridized carbons (Fsp3) is 0.300. The van der Waals surface area contributed by atoms with Gasteiger partial charge in [0.1, 0.15) is 0 Å². The van der Waals surface area contributed by atoms with Crippen LogP contribution in [-0.4, -0.2) is 13.7 Å². The fourth-order valence-corrected chi connectivity index (χ4v) is 1.08. The highest BCUT2D eigenvalue weighted by Crippen LogP contribution is 2.11. The molecule has 0 aromatic heterocycles. The standard InChI is InChI=1S/C10H12N2O/c1-13-7-10(12)9-4-2-8(6-11)3-5-9/h2-5,10H,7,12H2,1H3. The van der Waals surface area contributed by atoms with E-state index < -0.39 is 0 Å². The molecule has 3 heteroatoms. The van der Waals surface area contributed by atoms with Crippen molar-refractivity contribution in [2.75, 3.05) is 13.7 Å². The van der Waals surface area contributed by atoms with Crippen LogP contribution in [0, 0.1) is 11.3 Å². The van der Waals surface area contributed by atoms with E-state index in [1.54, 1.807) is 19.2 Å². The largest absolute Gasteiger partial charge is 0.383 e. The van der Waals surface area contributed by atoms with Crippen LogP contribution in [0.5, 0.6) is 0 Å². The van der Waals surface area contributed by atoms with Crippen LogP contribution in [0.1, 0.15) is 17.2 Å². The average Bonchev–Trinajstić information content (AvgIpc) is 2.18. The normalized spacial score (nSPS) is 12.1. The molecular formula is C10H12N2O. The van der Waals surface area contributed by atoms with E-state index in [1.807, 2.05) is 12.1 Å². The number of benzene rings is 1. The Morgan fingerprint density at radius 1 is 1.46 bits per heavy atom. The summed E-state index contributed by atoms with van der Waals surface area (Å²) >= 11 is 0. The van der Waals surface area contributed by atoms with Crippen LogP contribution < -0.4 is 5.73 Å². The minimum atomic E-state index is -0.113. The van der Waals surface area contributed by atoms with Gasteiger partial charge in [-0.05, 0) is 17.7 Å². The van der Waals surface area contributed by atoms with Crippen molar-refractivity contribution in [3.63, 3.8) is 0 Å². The molecule has 68 valence electrons. The maximum Gasteiger partial charge on any atom is 0.0991 e. The molecule has 0 aliphatic heterocycles. The molecule has 3 nitrogen and oxygen atoms in total. The summed E-state index contributed by atoms with van der Waals surface area (Å²) in [6.45, 7) is 0.492. The van der Waals surface area contributed by atoms with Crippen molar-refractivity contribution in [3.8, 4) is 6.07 Å². The molecule has 0 saturated carbocycles. The number of methoxy groups -OCH3 is 1. The van der Waals surface area contributed by atoms with E-state index in [0.717, 1.165) is 5.56 Å². The predicted molar refractivity (Wildman–Crippen MR) is 50.0 cm³/mol. The average molecular weight is 176 g/mol. The molecule has 0 radical (unpaired) electrons. The molecule has 0 fully saturated rings. The summed E-state index contributed by atoms with van der Waals surface area (Å²) in [7, 11) is 1.61. The summed E-state index contributed by atoms with van der Waals surface area (Å²) in [5, 5.41) is 8.56. The molecule has 1 aromatic rings. The Bertz CT molecular complexity index is 300. The highest BCUT2D eigenvalue weighted by atomic mass is 16.5. The van der Waals surface area contributed by atoms with Crippen molar-refractivity contribution in [1.82, 2.24) is 0 Å². The van der Waals surface area contributed by atoms with E-state index in [1.165, 1.54) is 0 Å². The summed E-state index contributed by atoms with van der Waals surface area (Å²) in [6, 6.07) is 9.15. The first-order chi connectivity index (χ1) is 6.27. The predicted octanol–water partition coefficient (Wildman–Crippen LogP) is 1.20. The number of nitrogens with two attached hydrogens (primary N) is 1. The van der Waals surface area contributed by atoms with E-state index in [4.69, 9.17) is 15.7 Å². The summed E-state index contributed by atoms with van der Waals surface area (Å²) in [6.07, 6.45) is 0. The van der Waals surface area contributed by atoms with Gasteiger partial charge < -0.3 is 10.5 Å². The lowest BCUT2D eigenvalue weighted by molar-refractivity contribution is 0.181. The van der Waals surface area contributed by atoms with Crippen LogP contribution in [0.4, 0.5) is 0 Å². The lowest BCUT2D eigenvalue weighted by Gasteiger charge is -2.09. The minimum Gasteiger partial charge on any atom is -0.383 e. The molecule has 0 aliphatic carbocycles. The van der Waals surface area contributed by atoms with Gasteiger partial charge in [-0.3, -0.25) is 0 Å². The van der Waals surface area contributed by atoms with Gasteiger partial charge >= 0.3 is 0 Å². The van der Waals surface area contributed by atoms with Crippen molar-refractivity contribution in [2.24, 2.45) is 5.73 Å². The van der Waals surface area contributed by atoms with Gasteiger partial charge in [0.25, 0.3) is 0 Å². The topological polar surface area (TPSA) is 59.0 Å². The summed E-state index contributed by atoms with van der Waals surface area (Å²) in [5.74, 6) is 0. The summed E-state index contributed by atoms with van der Waals surface area (Å²) < 4.78 is 4.92. The maximum atomic E-state index is 8.56. The van der Waals surface area contributed by atoms with Crippen molar-refractivity contribution in [1.29, 1.82) is 5.26 Å². The number of rotatable bonds is 3. The van der Waals surface area contributed by atoms with Crippen LogP contribution >= 0.6 is 0 Å². The van der Waals surface area contributed by atoms with Gasteiger partial charge in [-0.1, -0.05) is 12.1 Å². The maximum absolute atomic E-state index is 8.56. The number of nitriles is 1. The zero-order valence-electron chi connectivity index (χ0n) is 7.53. The Balaban J connectivity index is 2.75. The number of ether oxygens (including phenoxy) is 1. The lowest BCUT2D eigenvalue weighted by atomic mass is 10.1. The first kappa shape index (κ1) is 9.72. The molecule has 0 heterocycles. The first-order valence-corrected chi connectivity index (χ1v) is 4.02. The Morgan fingerprint density at radius 3 is 2.54 bits per heavy atom. The molecule has 0 bridgehead atoms. The summed E-state index contributed by atoms with van der Waals surface area (Å²) in [4.78, 5) is 0. The minimum absolute atomic E-state index is 0.113. The Labute approximate surface area is 77.7 Å². The number of hydrogen-bond acceptors (Lipinski definition) is 3. The second kappa shape index (κ2) is 4.61. The van der Waals surface area contributed by atoms with Gasteiger partial charge in [0, 0.05) is 7.11 Å². The highest BCUT2D eigenvalue weighted by molar-refractivity contribution is 5.32. The van der Waals surface area contributed by atoms with Gasteiger partial charge in [-0.15, -0.1) is 0 Å². The Kier molecular flexibility index (Phi) is 3.44. The monoisotopic (exact) mass is 176 g/mol. The Hall–Kier alpha value is -1.37. The zero-order chi connectivity index (χ0) is 9.68. The van der Waals surface area contributed by atoms with Crippen molar-refractivity contribution in [2.45, 2.75) is 6.04 Å². The SMILES string of the molecule is COCC(N)c1ccc(C#N)cc1. The molecule has 1 atom stereocenters. The van der Waals surface area contributed by atoms with Gasteiger partial charge in [0.05, 0.1) is 24.3 Å². The molecule has 0 amide bonds. The third-order valence-electron chi connectivity index (χ3n) is 1.81. The molecule has 0 spiro atoms. The fourth-order valence-electron chi connectivity index (χ4n) is 1.08. The third-order valence-corrected chi connectivity index (χ3v) is 1.81. The number of hydrogen-bond donors (Lipinski definition) is 1. The van der Waals surface area contributed by atoms with E-state index in [0.29, 0.717) is 12.2 Å². The van der Waals surface area contributed by atoms with Crippen LogP contribution in [-0.2, 0) is 4.74 Å². The van der Waals surface area contributed by atoms with E-state index in [9.17, 15) is 0 Å². The van der Waals surface area contributed by atoms with E-state index in [-0.39, 0.29) is 6.04 Å². The van der Waals surface area contributed by atoms with Gasteiger partial charge in [0.2, 0.25) is 0 Å². The number of nitrogens with zero attached hydrogens (tertiary/aromatic N) is 1. The second-order valence-corrected chi connectivity index (χ2v) is 2.80. The molecule has 1 rings (SSSR count). The van der Waals surface area contributed by atoms with Gasteiger partial charge in [-0.25, -0.2) is 0 Å². The molecule has 13 heavy (non-hydrogen) atoms. The van der Waals surface area contributed by atoms with E-state index in [2.05, 4.69) is 6.07 Å². The molecule has 1 aromatic carbocycles. The molecule has 1 unspecified atom stereocenters. The van der Waals surface area contributed by atoms with Crippen LogP contribution in [0.2, 0.25) is 0 Å². The van der Waals surface area contributed by atoms with Crippen molar-refractivity contribution >= 4 is 0 Å².